The van der Waals surface area contributed by atoms with Crippen LogP contribution in [0.1, 0.15) is 33.3 Å². The molecule has 0 N–H and O–H groups in total. The van der Waals surface area contributed by atoms with Crippen LogP contribution in [-0.2, 0) is 14.9 Å². The number of hydrogen-bond donors (Lipinski definition) is 0. The Labute approximate surface area is 151 Å². The predicted octanol–water partition coefficient (Wildman–Crippen LogP) is 2.54. The molecule has 1 fully saturated rings. The predicted molar refractivity (Wildman–Crippen MR) is 100 cm³/mol. The van der Waals surface area contributed by atoms with Crippen LogP contribution in [0.3, 0.4) is 0 Å². The third kappa shape index (κ3) is 6.67. The Bertz CT molecular complexity index is 543. The highest BCUT2D eigenvalue weighted by Gasteiger charge is 2.18. The molecule has 25 heavy (non-hydrogen) atoms. The summed E-state index contributed by atoms with van der Waals surface area (Å²) in [6, 6.07) is 7.89. The molecule has 1 aromatic carbocycles. The summed E-state index contributed by atoms with van der Waals surface area (Å²) in [5, 5.41) is 0. The van der Waals surface area contributed by atoms with Gasteiger partial charge in [-0.15, -0.1) is 0 Å². The summed E-state index contributed by atoms with van der Waals surface area (Å²) in [7, 11) is 2.13. The number of rotatable bonds is 6. The van der Waals surface area contributed by atoms with E-state index in [9.17, 15) is 4.79 Å². The maximum Gasteiger partial charge on any atom is 0.344 e. The Morgan fingerprint density at radius 3 is 2.28 bits per heavy atom. The molecule has 5 nitrogen and oxygen atoms in total. The molecule has 1 aromatic rings. The van der Waals surface area contributed by atoms with Gasteiger partial charge in [0, 0.05) is 32.7 Å². The number of piperazine rings is 1. The summed E-state index contributed by atoms with van der Waals surface area (Å²) in [6.45, 7) is 13.3. The highest BCUT2D eigenvalue weighted by atomic mass is 16.6. The summed E-state index contributed by atoms with van der Waals surface area (Å²) in [5.41, 5.74) is 1.35. The van der Waals surface area contributed by atoms with Crippen molar-refractivity contribution < 1.29 is 14.3 Å². The first-order valence-electron chi connectivity index (χ1n) is 9.08. The van der Waals surface area contributed by atoms with E-state index in [4.69, 9.17) is 9.47 Å². The quantitative estimate of drug-likeness (QED) is 0.739. The molecular weight excluding hydrogens is 316 g/mol. The summed E-state index contributed by atoms with van der Waals surface area (Å²) >= 11 is 0. The van der Waals surface area contributed by atoms with Crippen LogP contribution in [0.5, 0.6) is 5.75 Å². The molecule has 0 spiro atoms. The van der Waals surface area contributed by atoms with Gasteiger partial charge >= 0.3 is 5.97 Å². The van der Waals surface area contributed by atoms with Gasteiger partial charge in [-0.2, -0.15) is 0 Å². The SMILES string of the molecule is C[C@H](CN1CCN(C)CC1)OC(=O)COc1ccc(C(C)(C)C)cc1. The fourth-order valence-electron chi connectivity index (χ4n) is 2.88. The highest BCUT2D eigenvalue weighted by Crippen LogP contribution is 2.24. The lowest BCUT2D eigenvalue weighted by molar-refractivity contribution is -0.151. The lowest BCUT2D eigenvalue weighted by atomic mass is 9.87. The number of carbonyl (C=O) groups is 1. The van der Waals surface area contributed by atoms with Crippen LogP contribution < -0.4 is 4.74 Å². The first kappa shape index (κ1) is 19.7. The molecule has 1 saturated heterocycles. The van der Waals surface area contributed by atoms with E-state index in [1.807, 2.05) is 31.2 Å². The molecule has 1 atom stereocenters. The molecule has 1 heterocycles. The second kappa shape index (κ2) is 8.68. The van der Waals surface area contributed by atoms with Crippen molar-refractivity contribution >= 4 is 5.97 Å². The summed E-state index contributed by atoms with van der Waals surface area (Å²) in [5.74, 6) is 0.373. The van der Waals surface area contributed by atoms with Gasteiger partial charge in [-0.1, -0.05) is 32.9 Å². The smallest absolute Gasteiger partial charge is 0.344 e. The third-order valence-electron chi connectivity index (χ3n) is 4.52. The summed E-state index contributed by atoms with van der Waals surface area (Å²) in [6.07, 6.45) is -0.122. The number of likely N-dealkylation sites (N-methyl/N-ethyl adjacent to an activating group) is 1. The van der Waals surface area contributed by atoms with Gasteiger partial charge in [-0.05, 0) is 37.1 Å². The van der Waals surface area contributed by atoms with E-state index in [-0.39, 0.29) is 24.1 Å². The minimum absolute atomic E-state index is 0.0536. The normalized spacial score (nSPS) is 18.0. The van der Waals surface area contributed by atoms with E-state index >= 15 is 0 Å². The fourth-order valence-corrected chi connectivity index (χ4v) is 2.88. The van der Waals surface area contributed by atoms with Gasteiger partial charge in [-0.25, -0.2) is 4.79 Å². The van der Waals surface area contributed by atoms with Crippen LogP contribution in [0.2, 0.25) is 0 Å². The summed E-state index contributed by atoms with van der Waals surface area (Å²) < 4.78 is 11.0. The van der Waals surface area contributed by atoms with Gasteiger partial charge in [0.15, 0.2) is 6.61 Å². The van der Waals surface area contributed by atoms with Crippen molar-refractivity contribution in [2.45, 2.75) is 39.2 Å². The van der Waals surface area contributed by atoms with E-state index in [2.05, 4.69) is 37.6 Å². The topological polar surface area (TPSA) is 42.0 Å². The fraction of sp³-hybridized carbons (Fsp3) is 0.650. The van der Waals surface area contributed by atoms with Crippen LogP contribution in [0.25, 0.3) is 0 Å². The number of benzene rings is 1. The molecule has 2 rings (SSSR count). The van der Waals surface area contributed by atoms with Crippen molar-refractivity contribution in [3.8, 4) is 5.75 Å². The van der Waals surface area contributed by atoms with Gasteiger partial charge in [0.2, 0.25) is 0 Å². The molecule has 0 bridgehead atoms. The Kier molecular flexibility index (Phi) is 6.85. The number of hydrogen-bond acceptors (Lipinski definition) is 5. The zero-order valence-corrected chi connectivity index (χ0v) is 16.2. The van der Waals surface area contributed by atoms with Crippen LogP contribution >= 0.6 is 0 Å². The molecule has 1 aliphatic heterocycles. The van der Waals surface area contributed by atoms with Crippen LogP contribution in [0.15, 0.2) is 24.3 Å². The maximum absolute atomic E-state index is 12.0. The molecule has 0 amide bonds. The highest BCUT2D eigenvalue weighted by molar-refractivity contribution is 5.71. The van der Waals surface area contributed by atoms with Crippen molar-refractivity contribution in [2.75, 3.05) is 46.4 Å². The summed E-state index contributed by atoms with van der Waals surface area (Å²) in [4.78, 5) is 16.6. The molecule has 140 valence electrons. The molecule has 0 aliphatic carbocycles. The number of nitrogens with zero attached hydrogens (tertiary/aromatic N) is 2. The average molecular weight is 348 g/mol. The van der Waals surface area contributed by atoms with Crippen molar-refractivity contribution in [1.29, 1.82) is 0 Å². The van der Waals surface area contributed by atoms with Crippen molar-refractivity contribution in [3.63, 3.8) is 0 Å². The number of ether oxygens (including phenoxy) is 2. The zero-order valence-electron chi connectivity index (χ0n) is 16.2. The van der Waals surface area contributed by atoms with Crippen molar-refractivity contribution in [2.24, 2.45) is 0 Å². The first-order valence-corrected chi connectivity index (χ1v) is 9.08. The van der Waals surface area contributed by atoms with Gasteiger partial charge < -0.3 is 14.4 Å². The second-order valence-corrected chi connectivity index (χ2v) is 7.97. The Balaban J connectivity index is 1.71. The molecule has 0 aromatic heterocycles. The second-order valence-electron chi connectivity index (χ2n) is 7.97. The monoisotopic (exact) mass is 348 g/mol. The molecule has 0 radical (unpaired) electrons. The standard InChI is InChI=1S/C20H32N2O3/c1-16(14-22-12-10-21(5)11-13-22)25-19(23)15-24-18-8-6-17(7-9-18)20(2,3)4/h6-9,16H,10-15H2,1-5H3/t16-/m1/s1. The van der Waals surface area contributed by atoms with Gasteiger partial charge in [-0.3, -0.25) is 4.90 Å². The number of carbonyl (C=O) groups excluding carboxylic acids is 1. The zero-order chi connectivity index (χ0) is 18.4. The first-order chi connectivity index (χ1) is 11.7. The average Bonchev–Trinajstić information content (AvgIpc) is 2.54. The van der Waals surface area contributed by atoms with E-state index in [0.29, 0.717) is 5.75 Å². The van der Waals surface area contributed by atoms with Gasteiger partial charge in [0.25, 0.3) is 0 Å². The molecular formula is C20H32N2O3. The van der Waals surface area contributed by atoms with Crippen LogP contribution in [-0.4, -0.2) is 68.3 Å². The van der Waals surface area contributed by atoms with Crippen LogP contribution in [0.4, 0.5) is 0 Å². The molecule has 0 unspecified atom stereocenters. The minimum atomic E-state index is -0.318. The minimum Gasteiger partial charge on any atom is -0.482 e. The van der Waals surface area contributed by atoms with E-state index in [1.165, 1.54) is 5.56 Å². The Hall–Kier alpha value is -1.59. The van der Waals surface area contributed by atoms with Crippen LogP contribution in [0, 0.1) is 0 Å². The lowest BCUT2D eigenvalue weighted by Gasteiger charge is -2.33. The maximum atomic E-state index is 12.0. The Morgan fingerprint density at radius 1 is 1.12 bits per heavy atom. The van der Waals surface area contributed by atoms with E-state index in [0.717, 1.165) is 32.7 Å². The Morgan fingerprint density at radius 2 is 1.72 bits per heavy atom. The van der Waals surface area contributed by atoms with E-state index < -0.39 is 0 Å². The molecule has 5 heteroatoms. The molecule has 1 aliphatic rings. The number of esters is 1. The van der Waals surface area contributed by atoms with Crippen molar-refractivity contribution in [3.05, 3.63) is 29.8 Å². The lowest BCUT2D eigenvalue weighted by Crippen LogP contribution is -2.47. The van der Waals surface area contributed by atoms with Gasteiger partial charge in [0.1, 0.15) is 11.9 Å². The largest absolute Gasteiger partial charge is 0.482 e. The van der Waals surface area contributed by atoms with Crippen molar-refractivity contribution in [1.82, 2.24) is 9.80 Å². The van der Waals surface area contributed by atoms with Gasteiger partial charge in [0.05, 0.1) is 0 Å². The third-order valence-corrected chi connectivity index (χ3v) is 4.52. The van der Waals surface area contributed by atoms with E-state index in [1.54, 1.807) is 0 Å². The molecule has 0 saturated carbocycles.